The SMILES string of the molecule is CCC1(CC)CC(N2C(=O)C(C)(C)NC(=O)C2C)CCO1. The van der Waals surface area contributed by atoms with Gasteiger partial charge in [-0.15, -0.1) is 0 Å². The lowest BCUT2D eigenvalue weighted by molar-refractivity contribution is -0.164. The average Bonchev–Trinajstić information content (AvgIpc) is 2.45. The predicted octanol–water partition coefficient (Wildman–Crippen LogP) is 1.85. The van der Waals surface area contributed by atoms with E-state index in [2.05, 4.69) is 19.2 Å². The molecule has 5 nitrogen and oxygen atoms in total. The van der Waals surface area contributed by atoms with Crippen molar-refractivity contribution < 1.29 is 14.3 Å². The number of rotatable bonds is 3. The van der Waals surface area contributed by atoms with Crippen molar-refractivity contribution >= 4 is 11.8 Å². The van der Waals surface area contributed by atoms with Gasteiger partial charge in [-0.05, 0) is 46.5 Å². The van der Waals surface area contributed by atoms with Crippen LogP contribution >= 0.6 is 0 Å². The first kappa shape index (κ1) is 16.3. The highest BCUT2D eigenvalue weighted by molar-refractivity contribution is 5.99. The second-order valence-electron chi connectivity index (χ2n) is 6.89. The molecule has 2 atom stereocenters. The van der Waals surface area contributed by atoms with Crippen LogP contribution in [0.1, 0.15) is 60.3 Å². The second kappa shape index (κ2) is 5.59. The second-order valence-corrected chi connectivity index (χ2v) is 6.89. The molecule has 0 spiro atoms. The molecule has 2 unspecified atom stereocenters. The fourth-order valence-electron chi connectivity index (χ4n) is 3.56. The van der Waals surface area contributed by atoms with Crippen molar-refractivity contribution in [3.05, 3.63) is 0 Å². The summed E-state index contributed by atoms with van der Waals surface area (Å²) in [4.78, 5) is 26.7. The molecule has 5 heteroatoms. The van der Waals surface area contributed by atoms with Crippen molar-refractivity contribution in [1.82, 2.24) is 10.2 Å². The maximum absolute atomic E-state index is 12.8. The average molecular weight is 296 g/mol. The first-order chi connectivity index (χ1) is 9.76. The summed E-state index contributed by atoms with van der Waals surface area (Å²) >= 11 is 0. The molecule has 0 aliphatic carbocycles. The minimum atomic E-state index is -0.816. The normalized spacial score (nSPS) is 32.0. The van der Waals surface area contributed by atoms with E-state index in [9.17, 15) is 9.59 Å². The van der Waals surface area contributed by atoms with Gasteiger partial charge >= 0.3 is 0 Å². The molecule has 2 aliphatic heterocycles. The van der Waals surface area contributed by atoms with Gasteiger partial charge in [-0.3, -0.25) is 9.59 Å². The molecule has 2 rings (SSSR count). The first-order valence-corrected chi connectivity index (χ1v) is 8.05. The van der Waals surface area contributed by atoms with E-state index < -0.39 is 11.6 Å². The Kier molecular flexibility index (Phi) is 4.34. The molecule has 2 heterocycles. The Balaban J connectivity index is 2.26. The Bertz CT molecular complexity index is 429. The molecule has 2 amide bonds. The number of hydrogen-bond acceptors (Lipinski definition) is 3. The first-order valence-electron chi connectivity index (χ1n) is 8.05. The lowest BCUT2D eigenvalue weighted by atomic mass is 9.83. The fraction of sp³-hybridized carbons (Fsp3) is 0.875. The van der Waals surface area contributed by atoms with Crippen molar-refractivity contribution in [2.75, 3.05) is 6.61 Å². The summed E-state index contributed by atoms with van der Waals surface area (Å²) in [5, 5.41) is 2.81. The third-order valence-corrected chi connectivity index (χ3v) is 5.15. The van der Waals surface area contributed by atoms with Gasteiger partial charge in [0.05, 0.1) is 5.60 Å². The number of hydrogen-bond donors (Lipinski definition) is 1. The molecule has 21 heavy (non-hydrogen) atoms. The van der Waals surface area contributed by atoms with E-state index in [1.54, 1.807) is 18.7 Å². The Morgan fingerprint density at radius 3 is 2.48 bits per heavy atom. The summed E-state index contributed by atoms with van der Waals surface area (Å²) < 4.78 is 6.00. The number of carbonyl (C=O) groups is 2. The zero-order valence-corrected chi connectivity index (χ0v) is 13.9. The third kappa shape index (κ3) is 2.80. The van der Waals surface area contributed by atoms with Crippen LogP contribution in [0.5, 0.6) is 0 Å². The van der Waals surface area contributed by atoms with E-state index in [0.29, 0.717) is 6.61 Å². The van der Waals surface area contributed by atoms with Gasteiger partial charge in [0.1, 0.15) is 11.6 Å². The molecule has 120 valence electrons. The lowest BCUT2D eigenvalue weighted by Gasteiger charge is -2.50. The van der Waals surface area contributed by atoms with Crippen molar-refractivity contribution in [2.24, 2.45) is 0 Å². The van der Waals surface area contributed by atoms with Gasteiger partial charge in [-0.25, -0.2) is 0 Å². The molecule has 0 aromatic rings. The van der Waals surface area contributed by atoms with Crippen molar-refractivity contribution in [3.8, 4) is 0 Å². The highest BCUT2D eigenvalue weighted by Crippen LogP contribution is 2.35. The van der Waals surface area contributed by atoms with Crippen molar-refractivity contribution in [2.45, 2.75) is 83.5 Å². The van der Waals surface area contributed by atoms with Crippen molar-refractivity contribution in [1.29, 1.82) is 0 Å². The van der Waals surface area contributed by atoms with Crippen molar-refractivity contribution in [3.63, 3.8) is 0 Å². The van der Waals surface area contributed by atoms with Gasteiger partial charge in [-0.1, -0.05) is 13.8 Å². The van der Waals surface area contributed by atoms with E-state index in [-0.39, 0.29) is 23.5 Å². The molecule has 0 bridgehead atoms. The predicted molar refractivity (Wildman–Crippen MR) is 80.8 cm³/mol. The molecule has 0 radical (unpaired) electrons. The van der Waals surface area contributed by atoms with Crippen LogP contribution in [-0.2, 0) is 14.3 Å². The van der Waals surface area contributed by atoms with Crippen LogP contribution in [-0.4, -0.2) is 46.5 Å². The van der Waals surface area contributed by atoms with Crippen LogP contribution < -0.4 is 5.32 Å². The van der Waals surface area contributed by atoms with Crippen LogP contribution in [0, 0.1) is 0 Å². The molecule has 1 N–H and O–H groups in total. The van der Waals surface area contributed by atoms with E-state index >= 15 is 0 Å². The smallest absolute Gasteiger partial charge is 0.248 e. The summed E-state index contributed by atoms with van der Waals surface area (Å²) in [7, 11) is 0. The highest BCUT2D eigenvalue weighted by atomic mass is 16.5. The standard InChI is InChI=1S/C16H28N2O3/c1-6-16(7-2)10-12(8-9-21-16)18-11(3)13(19)17-15(4,5)14(18)20/h11-12H,6-10H2,1-5H3,(H,17,19). The maximum Gasteiger partial charge on any atom is 0.248 e. The minimum absolute atomic E-state index is 0.0163. The van der Waals surface area contributed by atoms with E-state index in [1.165, 1.54) is 0 Å². The molecular formula is C16H28N2O3. The van der Waals surface area contributed by atoms with Gasteiger partial charge < -0.3 is 15.0 Å². The topological polar surface area (TPSA) is 58.6 Å². The molecule has 0 saturated carbocycles. The van der Waals surface area contributed by atoms with Gasteiger partial charge in [0.2, 0.25) is 11.8 Å². The Labute approximate surface area is 127 Å². The summed E-state index contributed by atoms with van der Waals surface area (Å²) in [6, 6.07) is -0.313. The van der Waals surface area contributed by atoms with E-state index in [1.807, 2.05) is 6.92 Å². The van der Waals surface area contributed by atoms with Crippen LogP contribution in [0.4, 0.5) is 0 Å². The number of piperazine rings is 1. The molecule has 2 aliphatic rings. The molecule has 2 saturated heterocycles. The largest absolute Gasteiger partial charge is 0.375 e. The van der Waals surface area contributed by atoms with E-state index in [4.69, 9.17) is 4.74 Å². The number of nitrogens with one attached hydrogen (secondary N) is 1. The van der Waals surface area contributed by atoms with Gasteiger partial charge in [0, 0.05) is 12.6 Å². The van der Waals surface area contributed by atoms with Gasteiger partial charge in [-0.2, -0.15) is 0 Å². The fourth-order valence-corrected chi connectivity index (χ4v) is 3.56. The Hall–Kier alpha value is -1.10. The Morgan fingerprint density at radius 2 is 1.90 bits per heavy atom. The quantitative estimate of drug-likeness (QED) is 0.864. The monoisotopic (exact) mass is 296 g/mol. The minimum Gasteiger partial charge on any atom is -0.375 e. The molecule has 0 aromatic heterocycles. The molecule has 0 aromatic carbocycles. The Morgan fingerprint density at radius 1 is 1.29 bits per heavy atom. The summed E-state index contributed by atoms with van der Waals surface area (Å²) in [5.74, 6) is -0.0488. The van der Waals surface area contributed by atoms with Crippen LogP contribution in [0.15, 0.2) is 0 Å². The third-order valence-electron chi connectivity index (χ3n) is 5.15. The summed E-state index contributed by atoms with van der Waals surface area (Å²) in [6.45, 7) is 10.3. The zero-order chi connectivity index (χ0) is 15.8. The number of ether oxygens (including phenoxy) is 1. The molecule has 2 fully saturated rings. The highest BCUT2D eigenvalue weighted by Gasteiger charge is 2.48. The summed E-state index contributed by atoms with van der Waals surface area (Å²) in [6.07, 6.45) is 3.50. The summed E-state index contributed by atoms with van der Waals surface area (Å²) in [5.41, 5.74) is -0.968. The van der Waals surface area contributed by atoms with Crippen LogP contribution in [0.25, 0.3) is 0 Å². The van der Waals surface area contributed by atoms with Crippen LogP contribution in [0.2, 0.25) is 0 Å². The van der Waals surface area contributed by atoms with Gasteiger partial charge in [0.25, 0.3) is 0 Å². The maximum atomic E-state index is 12.8. The van der Waals surface area contributed by atoms with Crippen LogP contribution in [0.3, 0.4) is 0 Å². The molecular weight excluding hydrogens is 268 g/mol. The lowest BCUT2D eigenvalue weighted by Crippen LogP contribution is -2.70. The van der Waals surface area contributed by atoms with E-state index in [0.717, 1.165) is 25.7 Å². The number of amides is 2. The van der Waals surface area contributed by atoms with Gasteiger partial charge in [0.15, 0.2) is 0 Å². The number of carbonyl (C=O) groups excluding carboxylic acids is 2. The number of nitrogens with zero attached hydrogens (tertiary/aromatic N) is 1. The zero-order valence-electron chi connectivity index (χ0n) is 13.9.